The Morgan fingerprint density at radius 3 is 2.38 bits per heavy atom. The molecule has 1 aliphatic rings. The lowest BCUT2D eigenvalue weighted by Crippen LogP contribution is -2.58. The molecule has 29 heavy (non-hydrogen) atoms. The number of aliphatic imine (C=N–C) groups is 1. The van der Waals surface area contributed by atoms with Crippen LogP contribution in [0.3, 0.4) is 0 Å². The van der Waals surface area contributed by atoms with E-state index < -0.39 is 34.9 Å². The smallest absolute Gasteiger partial charge is 0.267 e. The Kier molecular flexibility index (Phi) is 5.37. The van der Waals surface area contributed by atoms with Gasteiger partial charge in [0.15, 0.2) is 5.54 Å². The van der Waals surface area contributed by atoms with Crippen molar-refractivity contribution in [2.24, 2.45) is 10.7 Å². The minimum absolute atomic E-state index is 0.0575. The molecule has 3 amide bonds. The van der Waals surface area contributed by atoms with Crippen molar-refractivity contribution in [2.45, 2.75) is 5.54 Å². The second-order valence-corrected chi connectivity index (χ2v) is 6.19. The third-order valence-corrected chi connectivity index (χ3v) is 4.51. The summed E-state index contributed by atoms with van der Waals surface area (Å²) in [7, 11) is 1.36. The molecule has 0 radical (unpaired) electrons. The summed E-state index contributed by atoms with van der Waals surface area (Å²) >= 11 is 0. The number of nitrogens with one attached hydrogen (secondary N) is 3. The minimum atomic E-state index is -1.81. The molecule has 1 atom stereocenters. The van der Waals surface area contributed by atoms with Crippen LogP contribution < -0.4 is 21.7 Å². The minimum Gasteiger partial charge on any atom is -0.367 e. The fourth-order valence-corrected chi connectivity index (χ4v) is 3.03. The van der Waals surface area contributed by atoms with Crippen molar-refractivity contribution in [1.29, 1.82) is 0 Å². The molecule has 0 spiro atoms. The lowest BCUT2D eigenvalue weighted by atomic mass is 9.84. The van der Waals surface area contributed by atoms with Gasteiger partial charge in [0.2, 0.25) is 5.91 Å². The number of hydrogen-bond donors (Lipinski definition) is 4. The van der Waals surface area contributed by atoms with E-state index in [4.69, 9.17) is 5.73 Å². The molecule has 0 saturated heterocycles. The molecule has 5 N–H and O–H groups in total. The standard InChI is InChI=1S/C19H17F2N5O3/c1-23-17(28)15-19(18(22)29,25-9-24-15)11-4-7-14(13(21)8-11)26-16(27)10-2-5-12(20)6-3-10/h2-8,25H,9H2,1H3,(H2,22,29)(H,23,28)(H,26,27). The molecule has 150 valence electrons. The molecule has 0 aromatic heterocycles. The molecule has 3 rings (SSSR count). The van der Waals surface area contributed by atoms with E-state index >= 15 is 0 Å². The Bertz CT molecular complexity index is 1020. The predicted molar refractivity (Wildman–Crippen MR) is 101 cm³/mol. The van der Waals surface area contributed by atoms with E-state index in [1.165, 1.54) is 31.3 Å². The van der Waals surface area contributed by atoms with Gasteiger partial charge in [0.25, 0.3) is 11.8 Å². The van der Waals surface area contributed by atoms with Gasteiger partial charge >= 0.3 is 0 Å². The van der Waals surface area contributed by atoms with E-state index in [1.807, 2.05) is 0 Å². The second-order valence-electron chi connectivity index (χ2n) is 6.19. The number of nitrogens with zero attached hydrogens (tertiary/aromatic N) is 1. The summed E-state index contributed by atoms with van der Waals surface area (Å²) in [5.41, 5.74) is 3.55. The van der Waals surface area contributed by atoms with Crippen molar-refractivity contribution >= 4 is 29.1 Å². The Hall–Kier alpha value is -3.66. The number of rotatable bonds is 5. The van der Waals surface area contributed by atoms with Crippen molar-refractivity contribution < 1.29 is 23.2 Å². The average molecular weight is 401 g/mol. The van der Waals surface area contributed by atoms with E-state index in [1.54, 1.807) is 0 Å². The van der Waals surface area contributed by atoms with Gasteiger partial charge in [-0.1, -0.05) is 6.07 Å². The van der Waals surface area contributed by atoms with E-state index in [9.17, 15) is 23.2 Å². The normalized spacial score (nSPS) is 18.1. The van der Waals surface area contributed by atoms with Crippen LogP contribution in [0.1, 0.15) is 15.9 Å². The highest BCUT2D eigenvalue weighted by molar-refractivity contribution is 6.47. The molecule has 10 heteroatoms. The van der Waals surface area contributed by atoms with E-state index in [-0.39, 0.29) is 29.2 Å². The molecule has 8 nitrogen and oxygen atoms in total. The van der Waals surface area contributed by atoms with Crippen LogP contribution in [0, 0.1) is 11.6 Å². The van der Waals surface area contributed by atoms with Gasteiger partial charge in [-0.3, -0.25) is 24.7 Å². The van der Waals surface area contributed by atoms with Gasteiger partial charge in [-0.2, -0.15) is 0 Å². The van der Waals surface area contributed by atoms with Crippen LogP contribution in [0.2, 0.25) is 0 Å². The predicted octanol–water partition coefficient (Wildman–Crippen LogP) is 0.645. The molecular weight excluding hydrogens is 384 g/mol. The van der Waals surface area contributed by atoms with Crippen LogP contribution in [0.25, 0.3) is 0 Å². The van der Waals surface area contributed by atoms with Gasteiger partial charge < -0.3 is 16.4 Å². The van der Waals surface area contributed by atoms with Gasteiger partial charge in [-0.15, -0.1) is 0 Å². The zero-order valence-electron chi connectivity index (χ0n) is 15.3. The summed E-state index contributed by atoms with van der Waals surface area (Å²) in [6, 6.07) is 8.30. The zero-order chi connectivity index (χ0) is 21.2. The van der Waals surface area contributed by atoms with Crippen molar-refractivity contribution in [1.82, 2.24) is 10.6 Å². The maximum Gasteiger partial charge on any atom is 0.267 e. The summed E-state index contributed by atoms with van der Waals surface area (Å²) in [5.74, 6) is -3.58. The molecule has 2 aromatic carbocycles. The highest BCUT2D eigenvalue weighted by Crippen LogP contribution is 2.29. The molecule has 1 aliphatic heterocycles. The molecule has 0 saturated carbocycles. The van der Waals surface area contributed by atoms with Crippen molar-refractivity contribution in [3.63, 3.8) is 0 Å². The van der Waals surface area contributed by atoms with E-state index in [2.05, 4.69) is 20.9 Å². The quantitative estimate of drug-likeness (QED) is 0.587. The van der Waals surface area contributed by atoms with Gasteiger partial charge in [0, 0.05) is 12.6 Å². The van der Waals surface area contributed by atoms with Crippen LogP contribution >= 0.6 is 0 Å². The van der Waals surface area contributed by atoms with Crippen molar-refractivity contribution in [3.05, 3.63) is 65.2 Å². The van der Waals surface area contributed by atoms with Crippen molar-refractivity contribution in [3.8, 4) is 0 Å². The summed E-state index contributed by atoms with van der Waals surface area (Å²) in [6.45, 7) is -0.0592. The van der Waals surface area contributed by atoms with E-state index in [0.717, 1.165) is 18.2 Å². The molecule has 1 heterocycles. The van der Waals surface area contributed by atoms with Crippen LogP contribution in [0.5, 0.6) is 0 Å². The molecule has 1 unspecified atom stereocenters. The second kappa shape index (κ2) is 7.76. The SMILES string of the molecule is CNC(=O)C1=NCNC1(C(N)=O)c1ccc(NC(=O)c2ccc(F)cc2)c(F)c1. The first kappa shape index (κ1) is 20.1. The number of amides is 3. The fraction of sp³-hybridized carbons (Fsp3) is 0.158. The van der Waals surface area contributed by atoms with E-state index in [0.29, 0.717) is 0 Å². The average Bonchev–Trinajstić information content (AvgIpc) is 3.15. The fourth-order valence-electron chi connectivity index (χ4n) is 3.03. The third kappa shape index (κ3) is 3.57. The number of carbonyl (C=O) groups is 3. The van der Waals surface area contributed by atoms with Crippen LogP contribution in [0.4, 0.5) is 14.5 Å². The van der Waals surface area contributed by atoms with Crippen LogP contribution in [-0.2, 0) is 15.1 Å². The number of hydrogen-bond acceptors (Lipinski definition) is 5. The molecular formula is C19H17F2N5O3. The van der Waals surface area contributed by atoms with Gasteiger partial charge in [-0.25, -0.2) is 8.78 Å². The number of benzene rings is 2. The number of primary amides is 1. The Balaban J connectivity index is 1.93. The first-order chi connectivity index (χ1) is 13.8. The Labute approximate surface area is 164 Å². The number of nitrogens with two attached hydrogens (primary N) is 1. The number of anilines is 1. The first-order valence-corrected chi connectivity index (χ1v) is 8.48. The highest BCUT2D eigenvalue weighted by Gasteiger charge is 2.49. The summed E-state index contributed by atoms with van der Waals surface area (Å²) in [6.07, 6.45) is 0. The first-order valence-electron chi connectivity index (χ1n) is 8.48. The lowest BCUT2D eigenvalue weighted by molar-refractivity contribution is -0.123. The van der Waals surface area contributed by atoms with Gasteiger partial charge in [-0.05, 0) is 42.0 Å². The van der Waals surface area contributed by atoms with Crippen LogP contribution in [0.15, 0.2) is 47.5 Å². The van der Waals surface area contributed by atoms with Crippen LogP contribution in [-0.4, -0.2) is 37.1 Å². The summed E-state index contributed by atoms with van der Waals surface area (Å²) < 4.78 is 27.7. The highest BCUT2D eigenvalue weighted by atomic mass is 19.1. The molecule has 0 bridgehead atoms. The molecule has 0 aliphatic carbocycles. The van der Waals surface area contributed by atoms with Gasteiger partial charge in [0.1, 0.15) is 17.3 Å². The summed E-state index contributed by atoms with van der Waals surface area (Å²) in [4.78, 5) is 40.5. The third-order valence-electron chi connectivity index (χ3n) is 4.51. The number of carbonyl (C=O) groups excluding carboxylic acids is 3. The molecule has 2 aromatic rings. The Morgan fingerprint density at radius 2 is 1.79 bits per heavy atom. The van der Waals surface area contributed by atoms with Gasteiger partial charge in [0.05, 0.1) is 12.4 Å². The topological polar surface area (TPSA) is 126 Å². The largest absolute Gasteiger partial charge is 0.367 e. The monoisotopic (exact) mass is 401 g/mol. The Morgan fingerprint density at radius 1 is 1.10 bits per heavy atom. The zero-order valence-corrected chi connectivity index (χ0v) is 15.3. The lowest BCUT2D eigenvalue weighted by Gasteiger charge is -2.27. The van der Waals surface area contributed by atoms with Crippen molar-refractivity contribution in [2.75, 3.05) is 19.0 Å². The molecule has 0 fully saturated rings. The maximum absolute atomic E-state index is 14.7. The summed E-state index contributed by atoms with van der Waals surface area (Å²) in [5, 5.41) is 7.47. The maximum atomic E-state index is 14.7. The number of halogens is 2.